The molecule has 0 aliphatic heterocycles. The van der Waals surface area contributed by atoms with Gasteiger partial charge in [-0.1, -0.05) is 18.2 Å². The quantitative estimate of drug-likeness (QED) is 0.709. The van der Waals surface area contributed by atoms with Gasteiger partial charge in [-0.2, -0.15) is 0 Å². The number of hydrogen-bond acceptors (Lipinski definition) is 3. The molecule has 0 saturated heterocycles. The minimum Gasteiger partial charge on any atom is -0.494 e. The molecule has 0 aliphatic carbocycles. The van der Waals surface area contributed by atoms with E-state index in [0.29, 0.717) is 38.5 Å². The molecular formula is C19H23FN2O3. The Morgan fingerprint density at radius 1 is 1.00 bits per heavy atom. The number of rotatable bonds is 9. The van der Waals surface area contributed by atoms with Crippen LogP contribution in [0, 0.1) is 5.82 Å². The van der Waals surface area contributed by atoms with E-state index in [1.165, 1.54) is 12.1 Å². The number of nitrogens with zero attached hydrogens (tertiary/aromatic N) is 1. The molecule has 0 saturated carbocycles. The second-order valence-electron chi connectivity index (χ2n) is 5.47. The Balaban J connectivity index is 1.54. The van der Waals surface area contributed by atoms with E-state index in [9.17, 15) is 9.18 Å². The van der Waals surface area contributed by atoms with Gasteiger partial charge in [-0.15, -0.1) is 0 Å². The molecule has 0 bridgehead atoms. The number of para-hydroxylation sites is 1. The van der Waals surface area contributed by atoms with Gasteiger partial charge in [0.1, 0.15) is 23.9 Å². The molecule has 0 unspecified atom stereocenters. The molecule has 0 aliphatic rings. The van der Waals surface area contributed by atoms with Crippen molar-refractivity contribution in [3.05, 3.63) is 60.4 Å². The van der Waals surface area contributed by atoms with E-state index in [0.717, 1.165) is 5.75 Å². The summed E-state index contributed by atoms with van der Waals surface area (Å²) in [5.41, 5.74) is 0. The van der Waals surface area contributed by atoms with Crippen molar-refractivity contribution in [1.29, 1.82) is 0 Å². The first kappa shape index (κ1) is 18.6. The van der Waals surface area contributed by atoms with Crippen LogP contribution in [0.15, 0.2) is 54.6 Å². The van der Waals surface area contributed by atoms with Gasteiger partial charge in [-0.25, -0.2) is 9.18 Å². The Morgan fingerprint density at radius 2 is 1.64 bits per heavy atom. The van der Waals surface area contributed by atoms with Crippen molar-refractivity contribution in [2.75, 3.05) is 33.4 Å². The van der Waals surface area contributed by atoms with Crippen molar-refractivity contribution in [2.24, 2.45) is 0 Å². The smallest absolute Gasteiger partial charge is 0.317 e. The standard InChI is InChI=1S/C19H23FN2O3/c1-22(13-15-25-17-6-3-2-4-7-17)19(23)21-12-5-14-24-18-10-8-16(20)9-11-18/h2-4,6-11H,5,12-15H2,1H3,(H,21,23). The fourth-order valence-corrected chi connectivity index (χ4v) is 2.04. The van der Waals surface area contributed by atoms with E-state index in [-0.39, 0.29) is 11.8 Å². The van der Waals surface area contributed by atoms with Gasteiger partial charge in [0.15, 0.2) is 0 Å². The molecule has 2 aromatic rings. The third kappa shape index (κ3) is 7.12. The molecule has 5 nitrogen and oxygen atoms in total. The third-order valence-corrected chi connectivity index (χ3v) is 3.47. The minimum absolute atomic E-state index is 0.154. The summed E-state index contributed by atoms with van der Waals surface area (Å²) in [5, 5.41) is 2.82. The van der Waals surface area contributed by atoms with E-state index < -0.39 is 0 Å². The number of nitrogens with one attached hydrogen (secondary N) is 1. The minimum atomic E-state index is -0.293. The largest absolute Gasteiger partial charge is 0.494 e. The number of hydrogen-bond donors (Lipinski definition) is 1. The summed E-state index contributed by atoms with van der Waals surface area (Å²) in [4.78, 5) is 13.5. The van der Waals surface area contributed by atoms with E-state index in [1.54, 1.807) is 24.1 Å². The second kappa shape index (κ2) is 10.2. The molecular weight excluding hydrogens is 323 g/mol. The fourth-order valence-electron chi connectivity index (χ4n) is 2.04. The van der Waals surface area contributed by atoms with Crippen LogP contribution in [0.5, 0.6) is 11.5 Å². The van der Waals surface area contributed by atoms with Gasteiger partial charge in [0, 0.05) is 13.6 Å². The van der Waals surface area contributed by atoms with Crippen LogP contribution >= 0.6 is 0 Å². The van der Waals surface area contributed by atoms with E-state index in [4.69, 9.17) is 9.47 Å². The second-order valence-corrected chi connectivity index (χ2v) is 5.47. The maximum absolute atomic E-state index is 12.8. The van der Waals surface area contributed by atoms with Crippen molar-refractivity contribution < 1.29 is 18.7 Å². The van der Waals surface area contributed by atoms with Gasteiger partial charge < -0.3 is 19.7 Å². The molecule has 0 heterocycles. The fraction of sp³-hybridized carbons (Fsp3) is 0.316. The molecule has 2 aromatic carbocycles. The lowest BCUT2D eigenvalue weighted by atomic mass is 10.3. The summed E-state index contributed by atoms with van der Waals surface area (Å²) in [6, 6.07) is 15.2. The highest BCUT2D eigenvalue weighted by Crippen LogP contribution is 2.11. The normalized spacial score (nSPS) is 10.2. The van der Waals surface area contributed by atoms with E-state index in [2.05, 4.69) is 5.32 Å². The lowest BCUT2D eigenvalue weighted by molar-refractivity contribution is 0.194. The zero-order valence-corrected chi connectivity index (χ0v) is 14.3. The first-order chi connectivity index (χ1) is 12.1. The first-order valence-electron chi connectivity index (χ1n) is 8.20. The molecule has 25 heavy (non-hydrogen) atoms. The average Bonchev–Trinajstić information content (AvgIpc) is 2.63. The lowest BCUT2D eigenvalue weighted by Gasteiger charge is -2.18. The summed E-state index contributed by atoms with van der Waals surface area (Å²) in [6.07, 6.45) is 0.664. The van der Waals surface area contributed by atoms with E-state index in [1.807, 2.05) is 30.3 Å². The van der Waals surface area contributed by atoms with Gasteiger partial charge in [-0.05, 0) is 42.8 Å². The summed E-state index contributed by atoms with van der Waals surface area (Å²) in [6.45, 7) is 1.88. The number of halogens is 1. The van der Waals surface area contributed by atoms with E-state index >= 15 is 0 Å². The maximum Gasteiger partial charge on any atom is 0.317 e. The zero-order valence-electron chi connectivity index (χ0n) is 14.3. The first-order valence-corrected chi connectivity index (χ1v) is 8.20. The third-order valence-electron chi connectivity index (χ3n) is 3.47. The Labute approximate surface area is 147 Å². The molecule has 0 atom stereocenters. The van der Waals surface area contributed by atoms with Crippen LogP contribution in [0.4, 0.5) is 9.18 Å². The topological polar surface area (TPSA) is 50.8 Å². The zero-order chi connectivity index (χ0) is 17.9. The number of amides is 2. The van der Waals surface area contributed by atoms with Crippen LogP contribution < -0.4 is 14.8 Å². The predicted molar refractivity (Wildman–Crippen MR) is 94.5 cm³/mol. The van der Waals surface area contributed by atoms with Gasteiger partial charge in [0.2, 0.25) is 0 Å². The highest BCUT2D eigenvalue weighted by molar-refractivity contribution is 5.73. The summed E-state index contributed by atoms with van der Waals surface area (Å²) in [5.74, 6) is 1.11. The van der Waals surface area contributed by atoms with Gasteiger partial charge in [0.25, 0.3) is 0 Å². The Bertz CT molecular complexity index is 635. The molecule has 0 spiro atoms. The molecule has 134 valence electrons. The highest BCUT2D eigenvalue weighted by atomic mass is 19.1. The van der Waals surface area contributed by atoms with Crippen LogP contribution in [0.3, 0.4) is 0 Å². The maximum atomic E-state index is 12.8. The number of ether oxygens (including phenoxy) is 2. The van der Waals surface area contributed by atoms with Gasteiger partial charge in [-0.3, -0.25) is 0 Å². The van der Waals surface area contributed by atoms with Crippen molar-refractivity contribution in [3.8, 4) is 11.5 Å². The average molecular weight is 346 g/mol. The molecule has 6 heteroatoms. The number of benzene rings is 2. The van der Waals surface area contributed by atoms with Crippen molar-refractivity contribution in [3.63, 3.8) is 0 Å². The Morgan fingerprint density at radius 3 is 2.36 bits per heavy atom. The summed E-state index contributed by atoms with van der Waals surface area (Å²) < 4.78 is 23.8. The summed E-state index contributed by atoms with van der Waals surface area (Å²) in [7, 11) is 1.72. The van der Waals surface area contributed by atoms with Crippen LogP contribution in [0.2, 0.25) is 0 Å². The molecule has 0 aromatic heterocycles. The predicted octanol–water partition coefficient (Wildman–Crippen LogP) is 3.32. The summed E-state index contributed by atoms with van der Waals surface area (Å²) >= 11 is 0. The monoisotopic (exact) mass is 346 g/mol. The number of carbonyl (C=O) groups excluding carboxylic acids is 1. The lowest BCUT2D eigenvalue weighted by Crippen LogP contribution is -2.40. The highest BCUT2D eigenvalue weighted by Gasteiger charge is 2.07. The Hall–Kier alpha value is -2.76. The molecule has 2 amide bonds. The molecule has 2 rings (SSSR count). The van der Waals surface area contributed by atoms with Gasteiger partial charge >= 0.3 is 6.03 Å². The van der Waals surface area contributed by atoms with Crippen LogP contribution in [0.25, 0.3) is 0 Å². The van der Waals surface area contributed by atoms with Crippen LogP contribution in [0.1, 0.15) is 6.42 Å². The molecule has 1 N–H and O–H groups in total. The van der Waals surface area contributed by atoms with Crippen molar-refractivity contribution >= 4 is 6.03 Å². The number of carbonyl (C=O) groups is 1. The van der Waals surface area contributed by atoms with Crippen molar-refractivity contribution in [2.45, 2.75) is 6.42 Å². The van der Waals surface area contributed by atoms with Crippen LogP contribution in [-0.4, -0.2) is 44.3 Å². The number of urea groups is 1. The van der Waals surface area contributed by atoms with Crippen LogP contribution in [-0.2, 0) is 0 Å². The Kier molecular flexibility index (Phi) is 7.56. The SMILES string of the molecule is CN(CCOc1ccccc1)C(=O)NCCCOc1ccc(F)cc1. The molecule has 0 fully saturated rings. The molecule has 0 radical (unpaired) electrons. The van der Waals surface area contributed by atoms with Gasteiger partial charge in [0.05, 0.1) is 13.2 Å². The number of likely N-dealkylation sites (N-methyl/N-ethyl adjacent to an activating group) is 1. The van der Waals surface area contributed by atoms with Crippen molar-refractivity contribution in [1.82, 2.24) is 10.2 Å².